The van der Waals surface area contributed by atoms with E-state index >= 15 is 0 Å². The zero-order chi connectivity index (χ0) is 17.8. The summed E-state index contributed by atoms with van der Waals surface area (Å²) in [5.41, 5.74) is 3.87. The minimum absolute atomic E-state index is 0.0929. The Balaban J connectivity index is 1.50. The van der Waals surface area contributed by atoms with Crippen LogP contribution in [0, 0.1) is 0 Å². The van der Waals surface area contributed by atoms with Gasteiger partial charge in [-0.3, -0.25) is 0 Å². The summed E-state index contributed by atoms with van der Waals surface area (Å²) in [6.07, 6.45) is 4.86. The fourth-order valence-corrected chi connectivity index (χ4v) is 3.95. The summed E-state index contributed by atoms with van der Waals surface area (Å²) in [4.78, 5) is 2.41. The second-order valence-corrected chi connectivity index (χ2v) is 7.24. The Labute approximate surface area is 155 Å². The van der Waals surface area contributed by atoms with Crippen LogP contribution in [0.2, 0.25) is 0 Å². The van der Waals surface area contributed by atoms with Crippen molar-refractivity contribution in [3.8, 4) is 5.69 Å². The summed E-state index contributed by atoms with van der Waals surface area (Å²) in [5, 5.41) is 4.33. The van der Waals surface area contributed by atoms with Gasteiger partial charge in [0, 0.05) is 37.5 Å². The zero-order valence-corrected chi connectivity index (χ0v) is 15.2. The number of likely N-dealkylation sites (N-methyl/N-ethyl adjacent to an activating group) is 1. The summed E-state index contributed by atoms with van der Waals surface area (Å²) < 4.78 is 7.70. The molecule has 0 N–H and O–H groups in total. The van der Waals surface area contributed by atoms with E-state index in [9.17, 15) is 0 Å². The van der Waals surface area contributed by atoms with Crippen molar-refractivity contribution in [2.24, 2.45) is 0 Å². The maximum absolute atomic E-state index is 5.80. The van der Waals surface area contributed by atoms with Gasteiger partial charge in [0.25, 0.3) is 0 Å². The average molecular weight is 347 g/mol. The normalized spacial score (nSPS) is 19.9. The number of hydrogen-bond acceptors (Lipinski definition) is 3. The summed E-state index contributed by atoms with van der Waals surface area (Å²) in [6, 6.07) is 21.3. The first-order valence-electron chi connectivity index (χ1n) is 9.16. The van der Waals surface area contributed by atoms with Crippen LogP contribution < -0.4 is 0 Å². The van der Waals surface area contributed by atoms with Crippen molar-refractivity contribution in [3.63, 3.8) is 0 Å². The van der Waals surface area contributed by atoms with Gasteiger partial charge in [0.1, 0.15) is 0 Å². The minimum Gasteiger partial charge on any atom is -0.380 e. The van der Waals surface area contributed by atoms with Crippen molar-refractivity contribution in [1.29, 1.82) is 0 Å². The van der Waals surface area contributed by atoms with Crippen LogP contribution in [0.1, 0.15) is 17.5 Å². The highest BCUT2D eigenvalue weighted by Gasteiger charge is 2.37. The van der Waals surface area contributed by atoms with Crippen LogP contribution in [0.25, 0.3) is 5.69 Å². The Bertz CT molecular complexity index is 824. The highest BCUT2D eigenvalue weighted by atomic mass is 16.5. The number of aromatic nitrogens is 2. The molecule has 2 aromatic carbocycles. The van der Waals surface area contributed by atoms with Crippen LogP contribution in [0.3, 0.4) is 0 Å². The Morgan fingerprint density at radius 2 is 2.00 bits per heavy atom. The Morgan fingerprint density at radius 1 is 1.12 bits per heavy atom. The molecule has 1 atom stereocenters. The van der Waals surface area contributed by atoms with Crippen LogP contribution in [-0.2, 0) is 16.7 Å². The molecule has 2 heterocycles. The molecule has 1 aromatic heterocycles. The molecule has 4 rings (SSSR count). The number of rotatable bonds is 6. The van der Waals surface area contributed by atoms with Gasteiger partial charge in [-0.25, -0.2) is 4.68 Å². The van der Waals surface area contributed by atoms with E-state index < -0.39 is 0 Å². The molecule has 0 spiro atoms. The van der Waals surface area contributed by atoms with E-state index in [-0.39, 0.29) is 5.41 Å². The van der Waals surface area contributed by atoms with Crippen molar-refractivity contribution >= 4 is 0 Å². The predicted molar refractivity (Wildman–Crippen MR) is 103 cm³/mol. The predicted octanol–water partition coefficient (Wildman–Crippen LogP) is 3.66. The monoisotopic (exact) mass is 347 g/mol. The molecule has 4 nitrogen and oxygen atoms in total. The minimum atomic E-state index is 0.0929. The molecule has 0 aliphatic carbocycles. The smallest absolute Gasteiger partial charge is 0.0648 e. The van der Waals surface area contributed by atoms with Crippen LogP contribution in [0.5, 0.6) is 0 Å². The van der Waals surface area contributed by atoms with E-state index in [1.165, 1.54) is 11.1 Å². The standard InChI is InChI=1S/C22H25N3O/c1-24(16-19-7-5-10-21(15-19)25-13-6-12-23-25)17-22(11-14-26-18-22)20-8-3-2-4-9-20/h2-10,12-13,15H,11,14,16-18H2,1H3/t22-/m0/s1. The van der Waals surface area contributed by atoms with Crippen LogP contribution in [0.15, 0.2) is 73.1 Å². The van der Waals surface area contributed by atoms with Crippen molar-refractivity contribution in [2.45, 2.75) is 18.4 Å². The quantitative estimate of drug-likeness (QED) is 0.682. The van der Waals surface area contributed by atoms with Gasteiger partial charge in [0.15, 0.2) is 0 Å². The summed E-state index contributed by atoms with van der Waals surface area (Å²) >= 11 is 0. The fraction of sp³-hybridized carbons (Fsp3) is 0.318. The van der Waals surface area contributed by atoms with Gasteiger partial charge in [-0.15, -0.1) is 0 Å². The van der Waals surface area contributed by atoms with Gasteiger partial charge in [0.05, 0.1) is 12.3 Å². The lowest BCUT2D eigenvalue weighted by Crippen LogP contribution is -2.39. The van der Waals surface area contributed by atoms with Gasteiger partial charge in [-0.2, -0.15) is 5.10 Å². The van der Waals surface area contributed by atoms with Crippen LogP contribution in [-0.4, -0.2) is 41.5 Å². The van der Waals surface area contributed by atoms with Crippen molar-refractivity contribution in [2.75, 3.05) is 26.8 Å². The number of benzene rings is 2. The molecule has 0 radical (unpaired) electrons. The molecule has 1 saturated heterocycles. The Hall–Kier alpha value is -2.43. The van der Waals surface area contributed by atoms with Gasteiger partial charge in [-0.05, 0) is 42.8 Å². The molecule has 1 aliphatic rings. The first-order chi connectivity index (χ1) is 12.8. The third kappa shape index (κ3) is 3.57. The first-order valence-corrected chi connectivity index (χ1v) is 9.16. The lowest BCUT2D eigenvalue weighted by atomic mass is 9.79. The third-order valence-corrected chi connectivity index (χ3v) is 5.19. The van der Waals surface area contributed by atoms with Crippen molar-refractivity contribution in [1.82, 2.24) is 14.7 Å². The zero-order valence-electron chi connectivity index (χ0n) is 15.2. The molecule has 1 aliphatic heterocycles. The molecule has 26 heavy (non-hydrogen) atoms. The molecular weight excluding hydrogens is 322 g/mol. The molecule has 4 heteroatoms. The van der Waals surface area contributed by atoms with E-state index in [4.69, 9.17) is 4.74 Å². The van der Waals surface area contributed by atoms with Crippen molar-refractivity contribution < 1.29 is 4.74 Å². The van der Waals surface area contributed by atoms with Gasteiger partial charge in [-0.1, -0.05) is 42.5 Å². The average Bonchev–Trinajstić information content (AvgIpc) is 3.35. The third-order valence-electron chi connectivity index (χ3n) is 5.19. The molecule has 0 bridgehead atoms. The SMILES string of the molecule is CN(Cc1cccc(-n2cccn2)c1)C[C@@]1(c2ccccc2)CCOC1. The maximum Gasteiger partial charge on any atom is 0.0648 e. The van der Waals surface area contributed by atoms with Crippen molar-refractivity contribution in [3.05, 3.63) is 84.2 Å². The summed E-state index contributed by atoms with van der Waals surface area (Å²) in [6.45, 7) is 3.54. The first kappa shape index (κ1) is 17.0. The highest BCUT2D eigenvalue weighted by molar-refractivity contribution is 5.35. The van der Waals surface area contributed by atoms with E-state index in [0.717, 1.165) is 38.4 Å². The fourth-order valence-electron chi connectivity index (χ4n) is 3.95. The van der Waals surface area contributed by atoms with Gasteiger partial charge in [0.2, 0.25) is 0 Å². The molecule has 134 valence electrons. The second-order valence-electron chi connectivity index (χ2n) is 7.24. The Morgan fingerprint density at radius 3 is 2.73 bits per heavy atom. The van der Waals surface area contributed by atoms with E-state index in [1.807, 2.05) is 23.1 Å². The summed E-state index contributed by atoms with van der Waals surface area (Å²) in [5.74, 6) is 0. The molecule has 0 unspecified atom stereocenters. The Kier molecular flexibility index (Phi) is 4.87. The number of hydrogen-bond donors (Lipinski definition) is 0. The molecule has 0 saturated carbocycles. The van der Waals surface area contributed by atoms with E-state index in [1.54, 1.807) is 0 Å². The maximum atomic E-state index is 5.80. The summed E-state index contributed by atoms with van der Waals surface area (Å²) in [7, 11) is 2.20. The second kappa shape index (κ2) is 7.44. The molecule has 0 amide bonds. The lowest BCUT2D eigenvalue weighted by Gasteiger charge is -2.33. The van der Waals surface area contributed by atoms with Gasteiger partial charge < -0.3 is 9.64 Å². The highest BCUT2D eigenvalue weighted by Crippen LogP contribution is 2.34. The van der Waals surface area contributed by atoms with E-state index in [0.29, 0.717) is 0 Å². The number of ether oxygens (including phenoxy) is 1. The van der Waals surface area contributed by atoms with E-state index in [2.05, 4.69) is 71.6 Å². The lowest BCUT2D eigenvalue weighted by molar-refractivity contribution is 0.157. The molecule has 3 aromatic rings. The number of nitrogens with zero attached hydrogens (tertiary/aromatic N) is 3. The van der Waals surface area contributed by atoms with Gasteiger partial charge >= 0.3 is 0 Å². The molecular formula is C22H25N3O. The molecule has 1 fully saturated rings. The largest absolute Gasteiger partial charge is 0.380 e. The van der Waals surface area contributed by atoms with Crippen LogP contribution in [0.4, 0.5) is 0 Å². The topological polar surface area (TPSA) is 30.3 Å². The van der Waals surface area contributed by atoms with Crippen LogP contribution >= 0.6 is 0 Å².